The van der Waals surface area contributed by atoms with Crippen LogP contribution in [-0.2, 0) is 5.88 Å². The Morgan fingerprint density at radius 1 is 1.47 bits per heavy atom. The molecule has 90 valence electrons. The Morgan fingerprint density at radius 2 is 2.29 bits per heavy atom. The molecule has 1 N–H and O–H groups in total. The number of ether oxygens (including phenoxy) is 1. The van der Waals surface area contributed by atoms with Crippen LogP contribution in [0.2, 0.25) is 5.02 Å². The van der Waals surface area contributed by atoms with E-state index in [0.717, 1.165) is 22.3 Å². The first kappa shape index (κ1) is 12.5. The van der Waals surface area contributed by atoms with Crippen molar-refractivity contribution in [3.63, 3.8) is 0 Å². The van der Waals surface area contributed by atoms with Gasteiger partial charge in [0.2, 0.25) is 0 Å². The van der Waals surface area contributed by atoms with Crippen molar-refractivity contribution in [1.29, 1.82) is 0 Å². The van der Waals surface area contributed by atoms with E-state index in [2.05, 4.69) is 10.3 Å². The van der Waals surface area contributed by atoms with Gasteiger partial charge >= 0.3 is 0 Å². The van der Waals surface area contributed by atoms with Crippen LogP contribution in [0.25, 0.3) is 0 Å². The summed E-state index contributed by atoms with van der Waals surface area (Å²) in [5, 5.41) is 6.47. The lowest BCUT2D eigenvalue weighted by molar-refractivity contribution is 0.417. The van der Waals surface area contributed by atoms with Crippen LogP contribution in [-0.4, -0.2) is 12.1 Å². The van der Waals surface area contributed by atoms with Gasteiger partial charge in [0.25, 0.3) is 0 Å². The molecule has 1 aromatic heterocycles. The van der Waals surface area contributed by atoms with Gasteiger partial charge in [-0.3, -0.25) is 0 Å². The molecule has 0 saturated heterocycles. The molecule has 2 rings (SSSR count). The Kier molecular flexibility index (Phi) is 4.10. The third-order valence-corrected chi connectivity index (χ3v) is 3.41. The highest BCUT2D eigenvalue weighted by Gasteiger charge is 2.07. The SMILES string of the molecule is COc1ccc(Cl)cc1Nc1nc(CCl)cs1. The molecule has 2 aromatic rings. The molecule has 17 heavy (non-hydrogen) atoms. The molecule has 6 heteroatoms. The van der Waals surface area contributed by atoms with Crippen LogP contribution in [0.4, 0.5) is 10.8 Å². The number of anilines is 2. The van der Waals surface area contributed by atoms with Gasteiger partial charge in [0, 0.05) is 10.4 Å². The second-order valence-corrected chi connectivity index (χ2v) is 4.81. The zero-order valence-corrected chi connectivity index (χ0v) is 11.4. The van der Waals surface area contributed by atoms with Gasteiger partial charge in [-0.1, -0.05) is 11.6 Å². The van der Waals surface area contributed by atoms with Crippen LogP contribution in [0.1, 0.15) is 5.69 Å². The maximum absolute atomic E-state index is 5.94. The molecule has 0 aliphatic rings. The first-order chi connectivity index (χ1) is 8.22. The lowest BCUT2D eigenvalue weighted by atomic mass is 10.3. The first-order valence-corrected chi connectivity index (χ1v) is 6.63. The molecule has 0 aliphatic carbocycles. The molecule has 0 amide bonds. The van der Waals surface area contributed by atoms with E-state index in [-0.39, 0.29) is 0 Å². The van der Waals surface area contributed by atoms with E-state index in [1.807, 2.05) is 5.38 Å². The van der Waals surface area contributed by atoms with Crippen molar-refractivity contribution < 1.29 is 4.74 Å². The Morgan fingerprint density at radius 3 is 2.94 bits per heavy atom. The van der Waals surface area contributed by atoms with Gasteiger partial charge in [0.1, 0.15) is 5.75 Å². The van der Waals surface area contributed by atoms with Crippen molar-refractivity contribution in [2.24, 2.45) is 0 Å². The van der Waals surface area contributed by atoms with E-state index in [4.69, 9.17) is 27.9 Å². The minimum atomic E-state index is 0.408. The molecule has 1 aromatic carbocycles. The minimum absolute atomic E-state index is 0.408. The minimum Gasteiger partial charge on any atom is -0.495 e. The number of thiazole rings is 1. The van der Waals surface area contributed by atoms with E-state index in [0.29, 0.717) is 10.9 Å². The number of nitrogens with one attached hydrogen (secondary N) is 1. The summed E-state index contributed by atoms with van der Waals surface area (Å²) in [7, 11) is 1.61. The second kappa shape index (κ2) is 5.58. The van der Waals surface area contributed by atoms with Crippen molar-refractivity contribution in [2.45, 2.75) is 5.88 Å². The molecule has 3 nitrogen and oxygen atoms in total. The first-order valence-electron chi connectivity index (χ1n) is 4.84. The number of nitrogens with zero attached hydrogens (tertiary/aromatic N) is 1. The number of aromatic nitrogens is 1. The van der Waals surface area contributed by atoms with Crippen LogP contribution < -0.4 is 10.1 Å². The molecule has 0 radical (unpaired) electrons. The third-order valence-electron chi connectivity index (χ3n) is 2.09. The van der Waals surface area contributed by atoms with Gasteiger partial charge in [-0.2, -0.15) is 0 Å². The largest absolute Gasteiger partial charge is 0.495 e. The van der Waals surface area contributed by atoms with Crippen molar-refractivity contribution in [1.82, 2.24) is 4.98 Å². The van der Waals surface area contributed by atoms with Gasteiger partial charge in [0.15, 0.2) is 5.13 Å². The highest BCUT2D eigenvalue weighted by Crippen LogP contribution is 2.31. The number of benzene rings is 1. The third kappa shape index (κ3) is 3.03. The normalized spacial score (nSPS) is 10.3. The molecule has 0 spiro atoms. The molecule has 1 heterocycles. The summed E-state index contributed by atoms with van der Waals surface area (Å²) in [5.74, 6) is 1.13. The van der Waals surface area contributed by atoms with Crippen LogP contribution in [0.3, 0.4) is 0 Å². The van der Waals surface area contributed by atoms with Crippen molar-refractivity contribution in [3.8, 4) is 5.75 Å². The van der Waals surface area contributed by atoms with E-state index >= 15 is 0 Å². The van der Waals surface area contributed by atoms with Gasteiger partial charge in [-0.25, -0.2) is 4.98 Å². The van der Waals surface area contributed by atoms with Crippen molar-refractivity contribution in [2.75, 3.05) is 12.4 Å². The van der Waals surface area contributed by atoms with Gasteiger partial charge in [-0.15, -0.1) is 22.9 Å². The average molecular weight is 289 g/mol. The summed E-state index contributed by atoms with van der Waals surface area (Å²) in [6, 6.07) is 5.38. The molecular weight excluding hydrogens is 279 g/mol. The number of methoxy groups -OCH3 is 1. The molecule has 0 bridgehead atoms. The van der Waals surface area contributed by atoms with E-state index < -0.39 is 0 Å². The van der Waals surface area contributed by atoms with Crippen LogP contribution >= 0.6 is 34.5 Å². The molecule has 0 unspecified atom stereocenters. The second-order valence-electron chi connectivity index (χ2n) is 3.25. The fraction of sp³-hybridized carbons (Fsp3) is 0.182. The summed E-state index contributed by atoms with van der Waals surface area (Å²) in [6.45, 7) is 0. The van der Waals surface area contributed by atoms with E-state index in [1.165, 1.54) is 11.3 Å². The van der Waals surface area contributed by atoms with Gasteiger partial charge in [0.05, 0.1) is 24.4 Å². The molecule has 0 saturated carbocycles. The number of hydrogen-bond donors (Lipinski definition) is 1. The fourth-order valence-corrected chi connectivity index (χ4v) is 2.44. The highest BCUT2D eigenvalue weighted by molar-refractivity contribution is 7.13. The maximum Gasteiger partial charge on any atom is 0.187 e. The molecule has 0 aliphatic heterocycles. The Labute approximate surface area is 113 Å². The monoisotopic (exact) mass is 288 g/mol. The number of halogens is 2. The summed E-state index contributed by atoms with van der Waals surface area (Å²) in [5.41, 5.74) is 1.63. The average Bonchev–Trinajstić information content (AvgIpc) is 2.77. The fourth-order valence-electron chi connectivity index (χ4n) is 1.32. The lowest BCUT2D eigenvalue weighted by Gasteiger charge is -2.09. The quantitative estimate of drug-likeness (QED) is 0.853. The van der Waals surface area contributed by atoms with Gasteiger partial charge < -0.3 is 10.1 Å². The summed E-state index contributed by atoms with van der Waals surface area (Å²) in [6.07, 6.45) is 0. The topological polar surface area (TPSA) is 34.1 Å². The Hall–Kier alpha value is -0.970. The highest BCUT2D eigenvalue weighted by atomic mass is 35.5. The van der Waals surface area contributed by atoms with E-state index in [1.54, 1.807) is 25.3 Å². The smallest absolute Gasteiger partial charge is 0.187 e. The van der Waals surface area contributed by atoms with Crippen LogP contribution in [0.15, 0.2) is 23.6 Å². The molecule has 0 atom stereocenters. The zero-order valence-electron chi connectivity index (χ0n) is 9.04. The lowest BCUT2D eigenvalue weighted by Crippen LogP contribution is -1.94. The predicted molar refractivity (Wildman–Crippen MR) is 73.0 cm³/mol. The van der Waals surface area contributed by atoms with Crippen LogP contribution in [0, 0.1) is 0 Å². The molecular formula is C11H10Cl2N2OS. The van der Waals surface area contributed by atoms with Crippen molar-refractivity contribution in [3.05, 3.63) is 34.3 Å². The number of hydrogen-bond acceptors (Lipinski definition) is 4. The van der Waals surface area contributed by atoms with Crippen LogP contribution in [0.5, 0.6) is 5.75 Å². The Bertz CT molecular complexity index is 516. The number of rotatable bonds is 4. The van der Waals surface area contributed by atoms with Crippen molar-refractivity contribution >= 4 is 45.4 Å². The summed E-state index contributed by atoms with van der Waals surface area (Å²) >= 11 is 13.1. The number of alkyl halides is 1. The standard InChI is InChI=1S/C11H10Cl2N2OS/c1-16-10-3-2-7(13)4-9(10)15-11-14-8(5-12)6-17-11/h2-4,6H,5H2,1H3,(H,14,15). The summed E-state index contributed by atoms with van der Waals surface area (Å²) < 4.78 is 5.24. The maximum atomic E-state index is 5.94. The zero-order chi connectivity index (χ0) is 12.3. The summed E-state index contributed by atoms with van der Waals surface area (Å²) in [4.78, 5) is 4.31. The Balaban J connectivity index is 2.25. The van der Waals surface area contributed by atoms with E-state index in [9.17, 15) is 0 Å². The predicted octanol–water partition coefficient (Wildman–Crippen LogP) is 4.29. The molecule has 0 fully saturated rings. The van der Waals surface area contributed by atoms with Gasteiger partial charge in [-0.05, 0) is 18.2 Å².